The standard InChI is InChI=1S/C14H24N4O/c1-11-5-6-15-14(16-11)17(4)7-8-18-9-12(2)19-13(3)10-18/h5-6,12-13H,7-10H2,1-4H3/t12-,13+. The van der Waals surface area contributed by atoms with Gasteiger partial charge in [0, 0.05) is 45.1 Å². The van der Waals surface area contributed by atoms with E-state index in [9.17, 15) is 0 Å². The number of ether oxygens (including phenoxy) is 1. The fourth-order valence-electron chi connectivity index (χ4n) is 2.48. The number of aryl methyl sites for hydroxylation is 1. The van der Waals surface area contributed by atoms with Gasteiger partial charge >= 0.3 is 0 Å². The Morgan fingerprint density at radius 3 is 2.68 bits per heavy atom. The molecule has 0 saturated carbocycles. The number of hydrogen-bond donors (Lipinski definition) is 0. The lowest BCUT2D eigenvalue weighted by molar-refractivity contribution is -0.0670. The van der Waals surface area contributed by atoms with Gasteiger partial charge in [-0.3, -0.25) is 4.90 Å². The summed E-state index contributed by atoms with van der Waals surface area (Å²) in [5.74, 6) is 0.800. The highest BCUT2D eigenvalue weighted by Gasteiger charge is 2.22. The third-order valence-corrected chi connectivity index (χ3v) is 3.37. The van der Waals surface area contributed by atoms with E-state index in [-0.39, 0.29) is 0 Å². The smallest absolute Gasteiger partial charge is 0.225 e. The van der Waals surface area contributed by atoms with E-state index >= 15 is 0 Å². The molecule has 1 aliphatic rings. The predicted octanol–water partition coefficient (Wildman–Crippen LogP) is 1.33. The Labute approximate surface area is 115 Å². The molecule has 1 aromatic heterocycles. The molecular weight excluding hydrogens is 240 g/mol. The first-order chi connectivity index (χ1) is 9.04. The third kappa shape index (κ3) is 4.14. The van der Waals surface area contributed by atoms with Crippen molar-refractivity contribution in [3.05, 3.63) is 18.0 Å². The summed E-state index contributed by atoms with van der Waals surface area (Å²) in [5, 5.41) is 0. The quantitative estimate of drug-likeness (QED) is 0.820. The summed E-state index contributed by atoms with van der Waals surface area (Å²) in [6.45, 7) is 10.2. The summed E-state index contributed by atoms with van der Waals surface area (Å²) < 4.78 is 5.74. The van der Waals surface area contributed by atoms with Gasteiger partial charge in [-0.1, -0.05) is 0 Å². The van der Waals surface area contributed by atoms with Crippen LogP contribution in [0.3, 0.4) is 0 Å². The second-order valence-corrected chi connectivity index (χ2v) is 5.44. The van der Waals surface area contributed by atoms with Crippen LogP contribution in [0.15, 0.2) is 12.3 Å². The zero-order valence-corrected chi connectivity index (χ0v) is 12.3. The minimum absolute atomic E-state index is 0.323. The molecule has 1 aliphatic heterocycles. The van der Waals surface area contributed by atoms with Gasteiger partial charge in [0.25, 0.3) is 0 Å². The molecule has 1 aromatic rings. The SMILES string of the molecule is Cc1ccnc(N(C)CCN2C[C@@H](C)O[C@@H](C)C2)n1. The summed E-state index contributed by atoms with van der Waals surface area (Å²) in [6.07, 6.45) is 2.46. The van der Waals surface area contributed by atoms with Crippen LogP contribution < -0.4 is 4.90 Å². The lowest BCUT2D eigenvalue weighted by atomic mass is 10.2. The first-order valence-corrected chi connectivity index (χ1v) is 6.93. The molecule has 1 fully saturated rings. The first-order valence-electron chi connectivity index (χ1n) is 6.93. The molecule has 0 aromatic carbocycles. The minimum Gasteiger partial charge on any atom is -0.373 e. The highest BCUT2D eigenvalue weighted by Crippen LogP contribution is 2.11. The molecule has 2 atom stereocenters. The van der Waals surface area contributed by atoms with E-state index in [4.69, 9.17) is 4.74 Å². The summed E-state index contributed by atoms with van der Waals surface area (Å²) in [7, 11) is 2.04. The molecule has 5 nitrogen and oxygen atoms in total. The minimum atomic E-state index is 0.323. The van der Waals surface area contributed by atoms with Gasteiger partial charge < -0.3 is 9.64 Å². The van der Waals surface area contributed by atoms with Crippen LogP contribution in [0, 0.1) is 6.92 Å². The normalized spacial score (nSPS) is 24.4. The van der Waals surface area contributed by atoms with Gasteiger partial charge in [-0.15, -0.1) is 0 Å². The number of morpholine rings is 1. The van der Waals surface area contributed by atoms with E-state index in [0.717, 1.165) is 37.8 Å². The number of aromatic nitrogens is 2. The van der Waals surface area contributed by atoms with Crippen molar-refractivity contribution in [3.8, 4) is 0 Å². The predicted molar refractivity (Wildman–Crippen MR) is 76.5 cm³/mol. The number of hydrogen-bond acceptors (Lipinski definition) is 5. The molecule has 106 valence electrons. The molecule has 0 N–H and O–H groups in total. The van der Waals surface area contributed by atoms with Gasteiger partial charge in [0.05, 0.1) is 12.2 Å². The summed E-state index contributed by atoms with van der Waals surface area (Å²) in [6, 6.07) is 1.92. The molecule has 0 aliphatic carbocycles. The van der Waals surface area contributed by atoms with Gasteiger partial charge in [0.1, 0.15) is 0 Å². The average molecular weight is 264 g/mol. The van der Waals surface area contributed by atoms with Gasteiger partial charge in [-0.05, 0) is 26.8 Å². The van der Waals surface area contributed by atoms with Crippen LogP contribution in [0.25, 0.3) is 0 Å². The maximum absolute atomic E-state index is 5.74. The molecule has 0 radical (unpaired) electrons. The Hall–Kier alpha value is -1.20. The first kappa shape index (κ1) is 14.2. The molecule has 0 bridgehead atoms. The third-order valence-electron chi connectivity index (χ3n) is 3.37. The summed E-state index contributed by atoms with van der Waals surface area (Å²) >= 11 is 0. The highest BCUT2D eigenvalue weighted by atomic mass is 16.5. The Bertz CT molecular complexity index is 402. The van der Waals surface area contributed by atoms with E-state index in [2.05, 4.69) is 33.6 Å². The maximum Gasteiger partial charge on any atom is 0.225 e. The van der Waals surface area contributed by atoms with Gasteiger partial charge in [0.2, 0.25) is 5.95 Å². The maximum atomic E-state index is 5.74. The Morgan fingerprint density at radius 2 is 2.05 bits per heavy atom. The number of nitrogens with zero attached hydrogens (tertiary/aromatic N) is 4. The van der Waals surface area contributed by atoms with Gasteiger partial charge in [-0.25, -0.2) is 9.97 Å². The Morgan fingerprint density at radius 1 is 1.37 bits per heavy atom. The van der Waals surface area contributed by atoms with E-state index < -0.39 is 0 Å². The molecule has 2 heterocycles. The molecule has 2 rings (SSSR count). The van der Waals surface area contributed by atoms with E-state index in [1.165, 1.54) is 0 Å². The van der Waals surface area contributed by atoms with Crippen LogP contribution in [-0.4, -0.2) is 60.3 Å². The van der Waals surface area contributed by atoms with Crippen LogP contribution in [0.1, 0.15) is 19.5 Å². The van der Waals surface area contributed by atoms with Crippen LogP contribution in [0.5, 0.6) is 0 Å². The largest absolute Gasteiger partial charge is 0.373 e. The van der Waals surface area contributed by atoms with Crippen LogP contribution in [0.2, 0.25) is 0 Å². The Balaban J connectivity index is 1.84. The number of anilines is 1. The van der Waals surface area contributed by atoms with Gasteiger partial charge in [0.15, 0.2) is 0 Å². The zero-order chi connectivity index (χ0) is 13.8. The lowest BCUT2D eigenvalue weighted by Gasteiger charge is -2.36. The van der Waals surface area contributed by atoms with Crippen molar-refractivity contribution >= 4 is 5.95 Å². The van der Waals surface area contributed by atoms with E-state index in [0.29, 0.717) is 12.2 Å². The van der Waals surface area contributed by atoms with Crippen molar-refractivity contribution in [2.24, 2.45) is 0 Å². The molecule has 0 unspecified atom stereocenters. The van der Waals surface area contributed by atoms with Crippen LogP contribution >= 0.6 is 0 Å². The fourth-order valence-corrected chi connectivity index (χ4v) is 2.48. The van der Waals surface area contributed by atoms with Crippen LogP contribution in [0.4, 0.5) is 5.95 Å². The summed E-state index contributed by atoms with van der Waals surface area (Å²) in [5.41, 5.74) is 1.01. The van der Waals surface area contributed by atoms with Gasteiger partial charge in [-0.2, -0.15) is 0 Å². The zero-order valence-electron chi connectivity index (χ0n) is 12.3. The molecule has 0 amide bonds. The van der Waals surface area contributed by atoms with Crippen molar-refractivity contribution < 1.29 is 4.74 Å². The van der Waals surface area contributed by atoms with Crippen molar-refractivity contribution in [1.29, 1.82) is 0 Å². The summed E-state index contributed by atoms with van der Waals surface area (Å²) in [4.78, 5) is 13.3. The van der Waals surface area contributed by atoms with Crippen molar-refractivity contribution in [2.45, 2.75) is 33.0 Å². The van der Waals surface area contributed by atoms with E-state index in [1.54, 1.807) is 0 Å². The molecule has 1 saturated heterocycles. The fraction of sp³-hybridized carbons (Fsp3) is 0.714. The van der Waals surface area contributed by atoms with Crippen LogP contribution in [-0.2, 0) is 4.74 Å². The molecule has 19 heavy (non-hydrogen) atoms. The number of rotatable bonds is 4. The monoisotopic (exact) mass is 264 g/mol. The van der Waals surface area contributed by atoms with E-state index in [1.807, 2.05) is 26.2 Å². The second-order valence-electron chi connectivity index (χ2n) is 5.44. The molecule has 5 heteroatoms. The average Bonchev–Trinajstić information content (AvgIpc) is 2.35. The van der Waals surface area contributed by atoms with Crippen molar-refractivity contribution in [3.63, 3.8) is 0 Å². The van der Waals surface area contributed by atoms with Crippen molar-refractivity contribution in [1.82, 2.24) is 14.9 Å². The molecular formula is C14H24N4O. The lowest BCUT2D eigenvalue weighted by Crippen LogP contribution is -2.47. The molecule has 0 spiro atoms. The topological polar surface area (TPSA) is 41.5 Å². The van der Waals surface area contributed by atoms with Crippen molar-refractivity contribution in [2.75, 3.05) is 38.1 Å². The Kier molecular flexibility index (Phi) is 4.71. The second kappa shape index (κ2) is 6.30. The highest BCUT2D eigenvalue weighted by molar-refractivity contribution is 5.28. The number of likely N-dealkylation sites (N-methyl/N-ethyl adjacent to an activating group) is 1.